The number of benzene rings is 4. The summed E-state index contributed by atoms with van der Waals surface area (Å²) in [5.41, 5.74) is 2.57. The summed E-state index contributed by atoms with van der Waals surface area (Å²) in [6.45, 7) is 2.97. The maximum atomic E-state index is 15.2. The molecule has 0 bridgehead atoms. The Balaban J connectivity index is 1.22. The normalized spacial score (nSPS) is 17.0. The fourth-order valence-electron chi connectivity index (χ4n) is 5.60. The summed E-state index contributed by atoms with van der Waals surface area (Å²) in [4.78, 5) is 0. The van der Waals surface area contributed by atoms with Crippen LogP contribution < -0.4 is 4.74 Å². The van der Waals surface area contributed by atoms with Crippen molar-refractivity contribution in [2.75, 3.05) is 6.61 Å². The van der Waals surface area contributed by atoms with Crippen LogP contribution in [0.25, 0.3) is 28.3 Å². The second-order valence-corrected chi connectivity index (χ2v) is 11.5. The molecule has 0 amide bonds. The van der Waals surface area contributed by atoms with Crippen molar-refractivity contribution in [2.24, 2.45) is 5.92 Å². The predicted molar refractivity (Wildman–Crippen MR) is 164 cm³/mol. The topological polar surface area (TPSA) is 18.5 Å². The van der Waals surface area contributed by atoms with Crippen molar-refractivity contribution in [3.63, 3.8) is 0 Å². The number of ether oxygens (including phenoxy) is 2. The second kappa shape index (κ2) is 14.5. The van der Waals surface area contributed by atoms with E-state index in [9.17, 15) is 26.3 Å². The van der Waals surface area contributed by atoms with Gasteiger partial charge in [0.25, 0.3) is 0 Å². The second-order valence-electron chi connectivity index (χ2n) is 11.5. The summed E-state index contributed by atoms with van der Waals surface area (Å²) in [5, 5.41) is 0. The highest BCUT2D eigenvalue weighted by molar-refractivity contribution is 5.72. The average Bonchev–Trinajstić information content (AvgIpc) is 3.03. The Morgan fingerprint density at radius 2 is 1.43 bits per heavy atom. The van der Waals surface area contributed by atoms with Gasteiger partial charge in [0, 0.05) is 29.3 Å². The number of unbranched alkanes of at least 4 members (excludes halogenated alkanes) is 2. The van der Waals surface area contributed by atoms with E-state index < -0.39 is 40.9 Å². The molecule has 0 radical (unpaired) electrons. The molecule has 0 saturated carbocycles. The molecule has 4 aromatic rings. The number of rotatable bonds is 11. The zero-order valence-corrected chi connectivity index (χ0v) is 25.1. The van der Waals surface area contributed by atoms with E-state index in [1.165, 1.54) is 49.9 Å². The summed E-state index contributed by atoms with van der Waals surface area (Å²) in [7, 11) is 0. The van der Waals surface area contributed by atoms with Crippen LogP contribution in [0.5, 0.6) is 5.75 Å². The van der Waals surface area contributed by atoms with E-state index in [-0.39, 0.29) is 41.0 Å². The minimum absolute atomic E-state index is 0.0472. The number of halogens is 7. The van der Waals surface area contributed by atoms with Crippen LogP contribution in [0, 0.1) is 35.0 Å². The maximum Gasteiger partial charge on any atom is 0.419 e. The Hall–Kier alpha value is -4.11. The molecule has 0 aliphatic carbocycles. The molecule has 242 valence electrons. The van der Waals surface area contributed by atoms with E-state index in [0.717, 1.165) is 36.6 Å². The first-order valence-electron chi connectivity index (χ1n) is 15.2. The molecule has 0 aromatic heterocycles. The van der Waals surface area contributed by atoms with Gasteiger partial charge in [0.05, 0.1) is 12.7 Å². The molecular formula is C37H33F7O2. The first-order valence-corrected chi connectivity index (χ1v) is 15.2. The van der Waals surface area contributed by atoms with Crippen LogP contribution >= 0.6 is 0 Å². The van der Waals surface area contributed by atoms with Gasteiger partial charge in [0.15, 0.2) is 17.5 Å². The zero-order valence-electron chi connectivity index (χ0n) is 25.1. The SMILES string of the molecule is CCCCCC1CCC(c2ccc(-c3ccc(-c4ccc(C=CC(F)(F)Oc5cc(F)c(F)c(F)c5)c(F)c4)c(F)c3)cc2)OC1. The Morgan fingerprint density at radius 1 is 0.761 bits per heavy atom. The Morgan fingerprint density at radius 3 is 2.07 bits per heavy atom. The van der Waals surface area contributed by atoms with Crippen LogP contribution in [0.1, 0.15) is 62.7 Å². The molecule has 1 aliphatic heterocycles. The fourth-order valence-corrected chi connectivity index (χ4v) is 5.60. The van der Waals surface area contributed by atoms with E-state index in [1.54, 1.807) is 6.07 Å². The Labute approximate surface area is 263 Å². The molecule has 46 heavy (non-hydrogen) atoms. The highest BCUT2D eigenvalue weighted by atomic mass is 19.3. The van der Waals surface area contributed by atoms with Crippen molar-refractivity contribution >= 4 is 6.08 Å². The number of hydrogen-bond donors (Lipinski definition) is 0. The molecule has 5 rings (SSSR count). The minimum Gasteiger partial charge on any atom is -0.429 e. The molecule has 0 N–H and O–H groups in total. The smallest absolute Gasteiger partial charge is 0.419 e. The lowest BCUT2D eigenvalue weighted by molar-refractivity contribution is -0.131. The molecule has 2 atom stereocenters. The van der Waals surface area contributed by atoms with Crippen LogP contribution in [0.4, 0.5) is 30.7 Å². The molecule has 1 fully saturated rings. The summed E-state index contributed by atoms with van der Waals surface area (Å²) in [6.07, 6.45) is 3.85. The Kier molecular flexibility index (Phi) is 10.5. The van der Waals surface area contributed by atoms with E-state index in [4.69, 9.17) is 4.74 Å². The monoisotopic (exact) mass is 642 g/mol. The van der Waals surface area contributed by atoms with Crippen LogP contribution in [0.15, 0.2) is 78.9 Å². The molecule has 2 nitrogen and oxygen atoms in total. The fraction of sp³-hybridized carbons (Fsp3) is 0.297. The van der Waals surface area contributed by atoms with Gasteiger partial charge in [-0.1, -0.05) is 74.7 Å². The maximum absolute atomic E-state index is 15.2. The highest BCUT2D eigenvalue weighted by Gasteiger charge is 2.29. The van der Waals surface area contributed by atoms with Gasteiger partial charge in [-0.2, -0.15) is 8.78 Å². The predicted octanol–water partition coefficient (Wildman–Crippen LogP) is 11.4. The first kappa shape index (κ1) is 33.3. The molecule has 1 aliphatic rings. The van der Waals surface area contributed by atoms with Crippen LogP contribution in [-0.2, 0) is 4.74 Å². The zero-order chi connectivity index (χ0) is 32.8. The highest BCUT2D eigenvalue weighted by Crippen LogP contribution is 2.35. The van der Waals surface area contributed by atoms with Crippen molar-refractivity contribution < 1.29 is 40.2 Å². The lowest BCUT2D eigenvalue weighted by Crippen LogP contribution is -2.21. The largest absolute Gasteiger partial charge is 0.429 e. The van der Waals surface area contributed by atoms with Crippen molar-refractivity contribution in [3.8, 4) is 28.0 Å². The molecule has 4 aromatic carbocycles. The van der Waals surface area contributed by atoms with Gasteiger partial charge < -0.3 is 9.47 Å². The molecule has 0 spiro atoms. The van der Waals surface area contributed by atoms with E-state index >= 15 is 4.39 Å². The van der Waals surface area contributed by atoms with Crippen molar-refractivity contribution in [2.45, 2.75) is 57.7 Å². The molecule has 9 heteroatoms. The Bertz CT molecular complexity index is 1650. The van der Waals surface area contributed by atoms with E-state index in [2.05, 4.69) is 11.7 Å². The van der Waals surface area contributed by atoms with Gasteiger partial charge >= 0.3 is 6.11 Å². The minimum atomic E-state index is -4.11. The third-order valence-electron chi connectivity index (χ3n) is 8.15. The van der Waals surface area contributed by atoms with Crippen molar-refractivity contribution in [1.82, 2.24) is 0 Å². The van der Waals surface area contributed by atoms with Crippen molar-refractivity contribution in [1.29, 1.82) is 0 Å². The van der Waals surface area contributed by atoms with Crippen molar-refractivity contribution in [3.05, 3.63) is 119 Å². The summed E-state index contributed by atoms with van der Waals surface area (Å²) in [5.74, 6) is -7.09. The van der Waals surface area contributed by atoms with Crippen LogP contribution in [0.3, 0.4) is 0 Å². The summed E-state index contributed by atoms with van der Waals surface area (Å²) < 4.78 is 109. The quantitative estimate of drug-likeness (QED) is 0.0921. The van der Waals surface area contributed by atoms with Crippen LogP contribution in [-0.4, -0.2) is 12.7 Å². The summed E-state index contributed by atoms with van der Waals surface area (Å²) in [6, 6.07) is 16.5. The number of hydrogen-bond acceptors (Lipinski definition) is 2. The third kappa shape index (κ3) is 8.18. The lowest BCUT2D eigenvalue weighted by Gasteiger charge is -2.29. The summed E-state index contributed by atoms with van der Waals surface area (Å²) >= 11 is 0. The average molecular weight is 643 g/mol. The van der Waals surface area contributed by atoms with Gasteiger partial charge in [-0.3, -0.25) is 0 Å². The molecule has 1 saturated heterocycles. The van der Waals surface area contributed by atoms with Gasteiger partial charge in [0.1, 0.15) is 17.4 Å². The third-order valence-corrected chi connectivity index (χ3v) is 8.15. The molecule has 1 heterocycles. The van der Waals surface area contributed by atoms with Crippen LogP contribution in [0.2, 0.25) is 0 Å². The molecular weight excluding hydrogens is 609 g/mol. The van der Waals surface area contributed by atoms with E-state index in [1.807, 2.05) is 24.3 Å². The molecule has 2 unspecified atom stereocenters. The lowest BCUT2D eigenvalue weighted by atomic mass is 9.90. The first-order chi connectivity index (χ1) is 22.0. The number of alkyl halides is 2. The van der Waals surface area contributed by atoms with E-state index in [0.29, 0.717) is 17.6 Å². The van der Waals surface area contributed by atoms with Gasteiger partial charge in [-0.05, 0) is 65.6 Å². The van der Waals surface area contributed by atoms with Gasteiger partial charge in [0.2, 0.25) is 0 Å². The van der Waals surface area contributed by atoms with Gasteiger partial charge in [-0.25, -0.2) is 22.0 Å². The van der Waals surface area contributed by atoms with Gasteiger partial charge in [-0.15, -0.1) is 0 Å². The standard InChI is InChI=1S/C37H33F7O2/c1-2-3-4-5-23-6-15-35(45-22-23)26-10-7-24(8-11-26)27-13-14-30(32(39)18-27)28-12-9-25(31(38)19-28)16-17-37(43,44)46-29-20-33(40)36(42)34(41)21-29/h7-14,16-21,23,35H,2-6,15,22H2,1H3.